The number of allylic oxidation sites excluding steroid dienone is 2. The minimum atomic E-state index is -4.06. The van der Waals surface area contributed by atoms with E-state index < -0.39 is 39.4 Å². The van der Waals surface area contributed by atoms with Gasteiger partial charge < -0.3 is 34.0 Å². The number of carbonyl (C=O) groups excluding carboxylic acids is 4. The molecule has 0 spiro atoms. The fourth-order valence-electron chi connectivity index (χ4n) is 7.46. The van der Waals surface area contributed by atoms with Gasteiger partial charge >= 0.3 is 6.09 Å². The van der Waals surface area contributed by atoms with Crippen molar-refractivity contribution >= 4 is 67.8 Å². The van der Waals surface area contributed by atoms with Gasteiger partial charge in [0.1, 0.15) is 28.3 Å². The monoisotopic (exact) mass is 941 g/mol. The van der Waals surface area contributed by atoms with E-state index in [1.54, 1.807) is 61.5 Å². The molecule has 356 valence electrons. The van der Waals surface area contributed by atoms with Crippen LogP contribution in [0.5, 0.6) is 5.75 Å². The predicted molar refractivity (Wildman–Crippen MR) is 247 cm³/mol. The molecule has 23 heteroatoms. The van der Waals surface area contributed by atoms with Gasteiger partial charge in [0.05, 0.1) is 65.2 Å². The van der Waals surface area contributed by atoms with Crippen LogP contribution >= 0.6 is 0 Å². The molecule has 0 radical (unpaired) electrons. The Labute approximate surface area is 386 Å². The number of hydrogen-bond acceptors (Lipinski definition) is 13. The molecule has 1 fully saturated rings. The van der Waals surface area contributed by atoms with Crippen LogP contribution in [0.4, 0.5) is 16.7 Å². The third-order valence-electron chi connectivity index (χ3n) is 10.6. The highest BCUT2D eigenvalue weighted by atomic mass is 32.2. The Morgan fingerprint density at radius 2 is 1.40 bits per heavy atom. The molecule has 4 amide bonds. The summed E-state index contributed by atoms with van der Waals surface area (Å²) in [7, 11) is -4.06. The van der Waals surface area contributed by atoms with Crippen LogP contribution in [0.1, 0.15) is 83.8 Å². The summed E-state index contributed by atoms with van der Waals surface area (Å²) in [5.74, 6) is -1.10. The number of ether oxygens (including phenoxy) is 3. The molecule has 0 saturated carbocycles. The molecular weight excluding hydrogens is 887 g/mol. The molecule has 22 nitrogen and oxygen atoms in total. The first-order valence-corrected chi connectivity index (χ1v) is 23.2. The van der Waals surface area contributed by atoms with Gasteiger partial charge in [-0.15, -0.1) is 0 Å². The molecule has 0 unspecified atom stereocenters. The third-order valence-corrected chi connectivity index (χ3v) is 11.5. The van der Waals surface area contributed by atoms with Crippen LogP contribution in [0.3, 0.4) is 0 Å². The Balaban J connectivity index is 1.17. The molecule has 2 aromatic carbocycles. The van der Waals surface area contributed by atoms with Crippen molar-refractivity contribution in [2.45, 2.75) is 97.7 Å². The predicted octanol–water partition coefficient (Wildman–Crippen LogP) is 4.35. The molecule has 5 heterocycles. The average Bonchev–Trinajstić information content (AvgIpc) is 4.00. The van der Waals surface area contributed by atoms with Gasteiger partial charge in [-0.1, -0.05) is 12.2 Å². The van der Waals surface area contributed by atoms with E-state index >= 15 is 0 Å². The summed E-state index contributed by atoms with van der Waals surface area (Å²) in [6, 6.07) is 10.6. The highest BCUT2D eigenvalue weighted by Crippen LogP contribution is 2.32. The maximum Gasteiger partial charge on any atom is 0.410 e. The molecule has 7 rings (SSSR count). The second-order valence-electron chi connectivity index (χ2n) is 16.9. The largest absolute Gasteiger partial charge is 0.491 e. The number of benzene rings is 2. The standard InChI is InChI=1S/C44H55N13O9S/c1-8-56-34(19-26(3)51-56)39(59)49-41-47-31-23-30(67(46,62)63)13-14-33(31)54(41)15-10-11-16-55-37-32(48-42(55)50-40(60)35-20-27(4)52-57(35)9-2)21-28(38(45)58)22-36(37)65-18-12-17-64-29-24-53(25-29)43(61)66-44(5,6)7/h10-11,13-14,19-23,29H,8-9,12,15-18,24-25H2,1-7H3,(H2,45,58)(H2,46,62,63)(H,47,49,59)(H,48,50,60)/b11-10+. The van der Waals surface area contributed by atoms with Crippen molar-refractivity contribution in [3.05, 3.63) is 83.0 Å². The SMILES string of the molecule is CCn1nc(C)cc1C(=O)Nc1nc2cc(S(N)(=O)=O)ccc2n1C/C=C/Cn1c(NC(=O)c2cc(C)nn2CC)nc2cc(C(N)=O)cc(OCCCOC3CN(C(=O)OC(C)(C)C)C3)c21. The van der Waals surface area contributed by atoms with Gasteiger partial charge in [0.15, 0.2) is 0 Å². The van der Waals surface area contributed by atoms with Crippen LogP contribution in [-0.4, -0.2) is 114 Å². The number of nitrogens with zero attached hydrogens (tertiary/aromatic N) is 9. The summed E-state index contributed by atoms with van der Waals surface area (Å²) in [4.78, 5) is 63.1. The number of anilines is 2. The first-order valence-electron chi connectivity index (χ1n) is 21.7. The summed E-state index contributed by atoms with van der Waals surface area (Å²) in [5, 5.41) is 20.0. The van der Waals surface area contributed by atoms with Crippen molar-refractivity contribution in [2.24, 2.45) is 10.9 Å². The van der Waals surface area contributed by atoms with Crippen molar-refractivity contribution in [1.82, 2.24) is 43.6 Å². The molecule has 0 atom stereocenters. The molecule has 6 aromatic rings. The Hall–Kier alpha value is -7.11. The van der Waals surface area contributed by atoms with E-state index in [2.05, 4.69) is 25.8 Å². The minimum absolute atomic E-state index is 0.113. The van der Waals surface area contributed by atoms with Crippen molar-refractivity contribution in [2.75, 3.05) is 36.9 Å². The molecule has 0 aliphatic carbocycles. The van der Waals surface area contributed by atoms with Crippen LogP contribution in [0, 0.1) is 13.8 Å². The topological polar surface area (TPSA) is 281 Å². The Morgan fingerprint density at radius 1 is 0.821 bits per heavy atom. The lowest BCUT2D eigenvalue weighted by Gasteiger charge is -2.39. The number of amides is 4. The first-order chi connectivity index (χ1) is 31.7. The number of fused-ring (bicyclic) bond motifs is 2. The molecule has 1 aliphatic rings. The molecule has 6 N–H and O–H groups in total. The number of primary amides is 1. The zero-order chi connectivity index (χ0) is 48.4. The zero-order valence-electron chi connectivity index (χ0n) is 38.4. The van der Waals surface area contributed by atoms with E-state index in [-0.39, 0.29) is 59.4 Å². The second kappa shape index (κ2) is 19.4. The fraction of sp³-hybridized carbons (Fsp3) is 0.409. The van der Waals surface area contributed by atoms with E-state index in [1.165, 1.54) is 24.3 Å². The molecule has 4 aromatic heterocycles. The normalized spacial score (nSPS) is 13.4. The van der Waals surface area contributed by atoms with Crippen LogP contribution in [-0.2, 0) is 45.7 Å². The number of nitrogens with one attached hydrogen (secondary N) is 2. The van der Waals surface area contributed by atoms with Crippen molar-refractivity contribution < 1.29 is 41.8 Å². The number of hydrogen-bond donors (Lipinski definition) is 4. The van der Waals surface area contributed by atoms with Crippen molar-refractivity contribution in [3.8, 4) is 5.75 Å². The maximum atomic E-state index is 13.8. The summed E-state index contributed by atoms with van der Waals surface area (Å²) >= 11 is 0. The van der Waals surface area contributed by atoms with E-state index in [1.807, 2.05) is 40.7 Å². The van der Waals surface area contributed by atoms with Crippen molar-refractivity contribution in [1.29, 1.82) is 0 Å². The molecule has 67 heavy (non-hydrogen) atoms. The summed E-state index contributed by atoms with van der Waals surface area (Å²) in [6.45, 7) is 15.2. The number of likely N-dealkylation sites (tertiary alicyclic amines) is 1. The van der Waals surface area contributed by atoms with E-state index in [4.69, 9.17) is 30.1 Å². The van der Waals surface area contributed by atoms with Gasteiger partial charge in [0.25, 0.3) is 11.8 Å². The quantitative estimate of drug-likeness (QED) is 0.0690. The number of nitrogens with two attached hydrogens (primary N) is 2. The Morgan fingerprint density at radius 3 is 1.97 bits per heavy atom. The van der Waals surface area contributed by atoms with E-state index in [0.717, 1.165) is 0 Å². The lowest BCUT2D eigenvalue weighted by Crippen LogP contribution is -2.56. The smallest absolute Gasteiger partial charge is 0.410 e. The molecule has 1 aliphatic heterocycles. The van der Waals surface area contributed by atoms with E-state index in [0.29, 0.717) is 78.5 Å². The fourth-order valence-corrected chi connectivity index (χ4v) is 8.00. The molecule has 1 saturated heterocycles. The van der Waals surface area contributed by atoms with Crippen LogP contribution in [0.15, 0.2) is 59.5 Å². The molecular formula is C44H55N13O9S. The number of carbonyl (C=O) groups is 4. The summed E-state index contributed by atoms with van der Waals surface area (Å²) in [5.41, 5.74) is 8.79. The lowest BCUT2D eigenvalue weighted by molar-refractivity contribution is -0.0647. The number of aryl methyl sites for hydroxylation is 4. The average molecular weight is 942 g/mol. The Bertz CT molecular complexity index is 3010. The third kappa shape index (κ3) is 11.0. The Kier molecular flexibility index (Phi) is 13.8. The molecule has 0 bridgehead atoms. The second-order valence-corrected chi connectivity index (χ2v) is 18.5. The first kappa shape index (κ1) is 47.8. The highest BCUT2D eigenvalue weighted by Gasteiger charge is 2.34. The number of aromatic nitrogens is 8. The number of imidazole rings is 2. The highest BCUT2D eigenvalue weighted by molar-refractivity contribution is 7.89. The summed E-state index contributed by atoms with van der Waals surface area (Å²) in [6.07, 6.45) is 3.53. The van der Waals surface area contributed by atoms with Gasteiger partial charge in [-0.2, -0.15) is 10.2 Å². The number of primary sulfonamides is 1. The van der Waals surface area contributed by atoms with Gasteiger partial charge in [-0.05, 0) is 90.9 Å². The number of rotatable bonds is 18. The van der Waals surface area contributed by atoms with Gasteiger partial charge in [0, 0.05) is 38.2 Å². The number of sulfonamides is 1. The van der Waals surface area contributed by atoms with Gasteiger partial charge in [-0.3, -0.25) is 34.4 Å². The van der Waals surface area contributed by atoms with Crippen LogP contribution in [0.2, 0.25) is 0 Å². The van der Waals surface area contributed by atoms with Crippen LogP contribution in [0.25, 0.3) is 22.1 Å². The van der Waals surface area contributed by atoms with Gasteiger partial charge in [-0.25, -0.2) is 28.3 Å². The lowest BCUT2D eigenvalue weighted by atomic mass is 10.1. The van der Waals surface area contributed by atoms with E-state index in [9.17, 15) is 27.6 Å². The summed E-state index contributed by atoms with van der Waals surface area (Å²) < 4.78 is 48.8. The van der Waals surface area contributed by atoms with Crippen LogP contribution < -0.4 is 26.2 Å². The maximum absolute atomic E-state index is 13.8. The van der Waals surface area contributed by atoms with Gasteiger partial charge in [0.2, 0.25) is 27.8 Å². The zero-order valence-corrected chi connectivity index (χ0v) is 39.2. The minimum Gasteiger partial charge on any atom is -0.491 e. The van der Waals surface area contributed by atoms with Crippen molar-refractivity contribution in [3.63, 3.8) is 0 Å².